The first kappa shape index (κ1) is 29.5. The molecule has 0 aromatic rings. The average Bonchev–Trinajstić information content (AvgIpc) is 0.811. The van der Waals surface area contributed by atoms with Crippen LogP contribution in [0.5, 0.6) is 0 Å². The van der Waals surface area contributed by atoms with Gasteiger partial charge in [0.15, 0.2) is 0 Å². The Balaban J connectivity index is -0.00000000750. The predicted molar refractivity (Wildman–Crippen MR) is 43.3 cm³/mol. The first-order valence-electron chi connectivity index (χ1n) is 0.655. The van der Waals surface area contributed by atoms with Crippen LogP contribution in [0.25, 0.3) is 0 Å². The monoisotopic (exact) mass is 296 g/mol. The molecule has 0 nitrogen and oxygen atoms in total. The molecule has 0 N–H and O–H groups in total. The summed E-state index contributed by atoms with van der Waals surface area (Å²) in [5.74, 6) is 0. The predicted octanol–water partition coefficient (Wildman–Crippen LogP) is -2.79. The van der Waals surface area contributed by atoms with E-state index in [0.29, 0.717) is 0 Å². The van der Waals surface area contributed by atoms with Crippen molar-refractivity contribution in [1.82, 2.24) is 0 Å². The van der Waals surface area contributed by atoms with Crippen molar-refractivity contribution in [2.75, 3.05) is 0 Å². The summed E-state index contributed by atoms with van der Waals surface area (Å²) < 4.78 is 29.4. The van der Waals surface area contributed by atoms with Crippen molar-refractivity contribution in [3.8, 4) is 0 Å². The summed E-state index contributed by atoms with van der Waals surface area (Å²) in [6.45, 7) is 0. The molecular formula is H8AlCaF3GaLiSr. The van der Waals surface area contributed by atoms with Crippen LogP contribution in [0.1, 0.15) is 0 Å². The van der Waals surface area contributed by atoms with Crippen molar-refractivity contribution < 1.29 is 10.6 Å². The third-order valence-corrected chi connectivity index (χ3v) is 0. The summed E-state index contributed by atoms with van der Waals surface area (Å²) in [7, 11) is 0. The number of halogens is 3. The Kier molecular flexibility index (Phi) is 82.9. The molecule has 0 saturated carbocycles. The molecule has 0 rings (SSSR count). The van der Waals surface area contributed by atoms with Gasteiger partial charge in [-0.3, -0.25) is 0 Å². The molecule has 0 aromatic carbocycles. The average molecular weight is 296 g/mol. The van der Waals surface area contributed by atoms with Gasteiger partial charge in [-0.15, -0.1) is 0 Å². The third kappa shape index (κ3) is 48.2. The maximum atomic E-state index is 9.81. The maximum absolute atomic E-state index is 9.81. The topological polar surface area (TPSA) is 0 Å². The SMILES string of the molecule is [CaH2].[F][Al]([F])[F].[GaH3].[LiH].[SrH2]. The normalized spacial score (nSPS) is 3.38. The van der Waals surface area contributed by atoms with E-state index in [1.54, 1.807) is 0 Å². The molecule has 0 aromatic heterocycles. The first-order chi connectivity index (χ1) is 1.73. The van der Waals surface area contributed by atoms with Crippen molar-refractivity contribution in [2.24, 2.45) is 0 Å². The Bertz CT molecular complexity index is 24.0. The van der Waals surface area contributed by atoms with Crippen molar-refractivity contribution in [1.29, 1.82) is 0 Å². The quantitative estimate of drug-likeness (QED) is 0.424. The van der Waals surface area contributed by atoms with Crippen LogP contribution in [-0.4, -0.2) is 137 Å². The number of rotatable bonds is 0. The first-order valence-corrected chi connectivity index (χ1v) is 1.96. The molecule has 0 saturated heterocycles. The van der Waals surface area contributed by atoms with Gasteiger partial charge < -0.3 is 10.6 Å². The number of hydrogen-bond acceptors (Lipinski definition) is 0. The van der Waals surface area contributed by atoms with Gasteiger partial charge in [0.25, 0.3) is 0 Å². The molecule has 0 bridgehead atoms. The van der Waals surface area contributed by atoms with Crippen LogP contribution in [-0.2, 0) is 0 Å². The summed E-state index contributed by atoms with van der Waals surface area (Å²) in [5.41, 5.74) is 0. The van der Waals surface area contributed by atoms with Gasteiger partial charge in [-0.1, -0.05) is 0 Å². The molecule has 0 amide bonds. The summed E-state index contributed by atoms with van der Waals surface area (Å²) in [6, 6.07) is 0. The van der Waals surface area contributed by atoms with Gasteiger partial charge in [-0.2, -0.15) is 0 Å². The van der Waals surface area contributed by atoms with Gasteiger partial charge in [0.2, 0.25) is 0 Å². The van der Waals surface area contributed by atoms with Crippen molar-refractivity contribution in [3.63, 3.8) is 0 Å². The second-order valence-electron chi connectivity index (χ2n) is 0.247. The Morgan fingerprint density at radius 3 is 1.00 bits per heavy atom. The van der Waals surface area contributed by atoms with E-state index >= 15 is 0 Å². The van der Waals surface area contributed by atoms with Crippen LogP contribution in [0.15, 0.2) is 0 Å². The van der Waals surface area contributed by atoms with Gasteiger partial charge in [0.1, 0.15) is 0 Å². The fourth-order valence-corrected chi connectivity index (χ4v) is 0. The summed E-state index contributed by atoms with van der Waals surface area (Å²) in [4.78, 5) is 0. The molecule has 0 radical (unpaired) electrons. The second-order valence-corrected chi connectivity index (χ2v) is 0.742. The van der Waals surface area contributed by atoms with Crippen molar-refractivity contribution in [3.05, 3.63) is 0 Å². The van der Waals surface area contributed by atoms with Crippen molar-refractivity contribution in [2.45, 2.75) is 0 Å². The molecule has 0 aliphatic carbocycles. The molecule has 0 heterocycles. The molecule has 0 unspecified atom stereocenters. The summed E-state index contributed by atoms with van der Waals surface area (Å²) in [6.07, 6.45) is 0. The van der Waals surface area contributed by atoms with Crippen LogP contribution in [0.4, 0.5) is 10.6 Å². The van der Waals surface area contributed by atoms with Gasteiger partial charge in [-0.05, 0) is 0 Å². The van der Waals surface area contributed by atoms with Crippen LogP contribution >= 0.6 is 0 Å². The molecule has 8 heteroatoms. The van der Waals surface area contributed by atoms with E-state index in [-0.39, 0.29) is 122 Å². The van der Waals surface area contributed by atoms with E-state index in [2.05, 4.69) is 0 Å². The molecule has 0 fully saturated rings. The van der Waals surface area contributed by atoms with Gasteiger partial charge in [0.05, 0.1) is 0 Å². The van der Waals surface area contributed by atoms with E-state index in [1.165, 1.54) is 0 Å². The minimum absolute atomic E-state index is 0. The van der Waals surface area contributed by atoms with Crippen LogP contribution in [0.2, 0.25) is 0 Å². The van der Waals surface area contributed by atoms with Gasteiger partial charge >= 0.3 is 137 Å². The molecule has 0 spiro atoms. The van der Waals surface area contributed by atoms with Crippen molar-refractivity contribution >= 4 is 137 Å². The molecule has 40 valence electrons. The van der Waals surface area contributed by atoms with E-state index in [4.69, 9.17) is 0 Å². The Labute approximate surface area is 144 Å². The Hall–Kier alpha value is 4.30. The minimum atomic E-state index is -4.64. The Morgan fingerprint density at radius 2 is 1.00 bits per heavy atom. The van der Waals surface area contributed by atoms with E-state index in [0.717, 1.165) is 0 Å². The summed E-state index contributed by atoms with van der Waals surface area (Å²) >= 11 is -4.64. The van der Waals surface area contributed by atoms with Gasteiger partial charge in [0, 0.05) is 0 Å². The summed E-state index contributed by atoms with van der Waals surface area (Å²) in [5, 5.41) is 0. The zero-order chi connectivity index (χ0) is 3.58. The van der Waals surface area contributed by atoms with Crippen LogP contribution < -0.4 is 0 Å². The van der Waals surface area contributed by atoms with E-state index in [9.17, 15) is 10.6 Å². The molecule has 8 heavy (non-hydrogen) atoms. The van der Waals surface area contributed by atoms with Gasteiger partial charge in [-0.25, -0.2) is 0 Å². The standard InChI is InChI=1S/Al.Ca.3FH.Ga.Li.Sr.8H/h;;3*1H;;;;;;;;;;;/q+3;;;;;;;;;;;;;;;/p-3. The van der Waals surface area contributed by atoms with Crippen LogP contribution in [0, 0.1) is 0 Å². The van der Waals surface area contributed by atoms with Crippen LogP contribution in [0.3, 0.4) is 0 Å². The zero-order valence-electron chi connectivity index (χ0n) is 1.71. The second kappa shape index (κ2) is 22.5. The number of hydrogen-bond donors (Lipinski definition) is 0. The molecule has 0 aliphatic heterocycles. The molecule has 0 aliphatic rings. The molecule has 0 atom stereocenters. The third-order valence-electron chi connectivity index (χ3n) is 0. The van der Waals surface area contributed by atoms with E-state index in [1.807, 2.05) is 0 Å². The zero-order valence-corrected chi connectivity index (χ0v) is 2.87. The van der Waals surface area contributed by atoms with E-state index < -0.39 is 15.5 Å². The fourth-order valence-electron chi connectivity index (χ4n) is 0. The molecular weight excluding hydrogens is 288 g/mol. The Morgan fingerprint density at radius 1 is 1.00 bits per heavy atom. The fraction of sp³-hybridized carbons (Fsp3) is 0.